The van der Waals surface area contributed by atoms with Crippen LogP contribution in [-0.2, 0) is 0 Å². The molecule has 0 saturated heterocycles. The smallest absolute Gasteiger partial charge is 0.123 e. The van der Waals surface area contributed by atoms with Gasteiger partial charge in [-0.2, -0.15) is 10.2 Å². The highest BCUT2D eigenvalue weighted by Gasteiger charge is 2.16. The van der Waals surface area contributed by atoms with Crippen molar-refractivity contribution in [2.45, 2.75) is 0 Å². The van der Waals surface area contributed by atoms with E-state index in [1.807, 2.05) is 82.4 Å². The van der Waals surface area contributed by atoms with Crippen LogP contribution in [0, 0.1) is 5.82 Å². The van der Waals surface area contributed by atoms with Crippen LogP contribution in [0.15, 0.2) is 104 Å². The molecule has 0 fully saturated rings. The third-order valence-electron chi connectivity index (χ3n) is 4.77. The summed E-state index contributed by atoms with van der Waals surface area (Å²) >= 11 is 0. The van der Waals surface area contributed by atoms with Crippen molar-refractivity contribution in [2.24, 2.45) is 0 Å². The second-order valence-corrected chi connectivity index (χ2v) is 6.69. The van der Waals surface area contributed by atoms with Crippen LogP contribution in [0.25, 0.3) is 33.8 Å². The number of rotatable bonds is 4. The molecule has 0 atom stereocenters. The number of hydrogen-bond acceptors (Lipinski definition) is 2. The monoisotopic (exact) mass is 380 g/mol. The predicted molar refractivity (Wildman–Crippen MR) is 112 cm³/mol. The van der Waals surface area contributed by atoms with Gasteiger partial charge in [-0.15, -0.1) is 0 Å². The molecule has 0 unspecified atom stereocenters. The molecule has 0 aliphatic rings. The van der Waals surface area contributed by atoms with Gasteiger partial charge in [-0.05, 0) is 42.0 Å². The van der Waals surface area contributed by atoms with Gasteiger partial charge in [-0.25, -0.2) is 13.8 Å². The molecule has 5 heteroatoms. The number of hydrogen-bond donors (Lipinski definition) is 0. The van der Waals surface area contributed by atoms with E-state index in [1.54, 1.807) is 18.3 Å². The maximum Gasteiger partial charge on any atom is 0.123 e. The van der Waals surface area contributed by atoms with Crippen molar-refractivity contribution in [3.8, 4) is 33.8 Å². The highest BCUT2D eigenvalue weighted by molar-refractivity contribution is 5.80. The van der Waals surface area contributed by atoms with Gasteiger partial charge in [0.1, 0.15) is 11.5 Å². The SMILES string of the molecule is Fc1ccc(-c2cn(-c3ccccc3)nc2-c2cnn(-c3ccccc3)c2)cc1. The average Bonchev–Trinajstić information content (AvgIpc) is 3.43. The zero-order valence-corrected chi connectivity index (χ0v) is 15.5. The first kappa shape index (κ1) is 17.1. The third-order valence-corrected chi connectivity index (χ3v) is 4.77. The summed E-state index contributed by atoms with van der Waals surface area (Å²) in [6.45, 7) is 0. The molecule has 5 rings (SSSR count). The van der Waals surface area contributed by atoms with Crippen LogP contribution in [0.4, 0.5) is 4.39 Å². The molecule has 0 N–H and O–H groups in total. The summed E-state index contributed by atoms with van der Waals surface area (Å²) in [4.78, 5) is 0. The van der Waals surface area contributed by atoms with E-state index in [4.69, 9.17) is 5.10 Å². The van der Waals surface area contributed by atoms with Crippen LogP contribution < -0.4 is 0 Å². The summed E-state index contributed by atoms with van der Waals surface area (Å²) < 4.78 is 17.1. The molecule has 0 aliphatic heterocycles. The summed E-state index contributed by atoms with van der Waals surface area (Å²) in [7, 11) is 0. The van der Waals surface area contributed by atoms with E-state index in [9.17, 15) is 4.39 Å². The van der Waals surface area contributed by atoms with Crippen LogP contribution in [0.3, 0.4) is 0 Å². The van der Waals surface area contributed by atoms with Gasteiger partial charge in [-0.3, -0.25) is 0 Å². The molecule has 0 bridgehead atoms. The van der Waals surface area contributed by atoms with Crippen molar-refractivity contribution in [2.75, 3.05) is 0 Å². The third kappa shape index (κ3) is 3.34. The van der Waals surface area contributed by atoms with Crippen LogP contribution in [0.5, 0.6) is 0 Å². The molecule has 4 nitrogen and oxygen atoms in total. The zero-order valence-electron chi connectivity index (χ0n) is 15.5. The van der Waals surface area contributed by atoms with Gasteiger partial charge in [0.2, 0.25) is 0 Å². The van der Waals surface area contributed by atoms with Gasteiger partial charge < -0.3 is 0 Å². The van der Waals surface area contributed by atoms with Crippen LogP contribution in [0.2, 0.25) is 0 Å². The minimum atomic E-state index is -0.261. The first-order valence-electron chi connectivity index (χ1n) is 9.29. The van der Waals surface area contributed by atoms with Gasteiger partial charge in [0, 0.05) is 23.5 Å². The molecule has 0 spiro atoms. The summed E-state index contributed by atoms with van der Waals surface area (Å²) in [6, 6.07) is 26.3. The van der Waals surface area contributed by atoms with Gasteiger partial charge in [0.05, 0.1) is 17.6 Å². The quantitative estimate of drug-likeness (QED) is 0.411. The van der Waals surface area contributed by atoms with Crippen molar-refractivity contribution in [1.82, 2.24) is 19.6 Å². The fraction of sp³-hybridized carbons (Fsp3) is 0. The Balaban J connectivity index is 1.64. The molecule has 0 aliphatic carbocycles. The number of halogens is 1. The Morgan fingerprint density at radius 1 is 0.621 bits per heavy atom. The Labute approximate surface area is 167 Å². The van der Waals surface area contributed by atoms with E-state index in [0.717, 1.165) is 33.8 Å². The lowest BCUT2D eigenvalue weighted by molar-refractivity contribution is 0.628. The summed E-state index contributed by atoms with van der Waals surface area (Å²) in [5.41, 5.74) is 5.44. The molecule has 0 radical (unpaired) electrons. The zero-order chi connectivity index (χ0) is 19.6. The molecule has 140 valence electrons. The molecule has 2 heterocycles. The molecule has 2 aromatic heterocycles. The Morgan fingerprint density at radius 3 is 1.90 bits per heavy atom. The number of aromatic nitrogens is 4. The lowest BCUT2D eigenvalue weighted by Gasteiger charge is -2.01. The first-order chi connectivity index (χ1) is 14.3. The van der Waals surface area contributed by atoms with Crippen LogP contribution in [-0.4, -0.2) is 19.6 Å². The van der Waals surface area contributed by atoms with E-state index < -0.39 is 0 Å². The maximum absolute atomic E-state index is 13.5. The molecular formula is C24H17FN4. The lowest BCUT2D eigenvalue weighted by atomic mass is 10.0. The topological polar surface area (TPSA) is 35.6 Å². The van der Waals surface area contributed by atoms with E-state index in [1.165, 1.54) is 12.1 Å². The van der Waals surface area contributed by atoms with Crippen molar-refractivity contribution < 1.29 is 4.39 Å². The minimum Gasteiger partial charge on any atom is -0.240 e. The van der Waals surface area contributed by atoms with Crippen molar-refractivity contribution in [3.05, 3.63) is 109 Å². The largest absolute Gasteiger partial charge is 0.240 e. The number of benzene rings is 3. The molecule has 3 aromatic carbocycles. The molecule has 0 saturated carbocycles. The standard InChI is InChI=1S/C24H17FN4/c25-20-13-11-18(12-14-20)23-17-29(22-9-5-2-6-10-22)27-24(23)19-15-26-28(16-19)21-7-3-1-4-8-21/h1-17H. The highest BCUT2D eigenvalue weighted by Crippen LogP contribution is 2.32. The average molecular weight is 380 g/mol. The van der Waals surface area contributed by atoms with Gasteiger partial charge in [0.15, 0.2) is 0 Å². The van der Waals surface area contributed by atoms with E-state index in [-0.39, 0.29) is 5.82 Å². The molecular weight excluding hydrogens is 363 g/mol. The normalized spacial score (nSPS) is 10.9. The first-order valence-corrected chi connectivity index (χ1v) is 9.29. The van der Waals surface area contributed by atoms with Crippen molar-refractivity contribution >= 4 is 0 Å². The van der Waals surface area contributed by atoms with Gasteiger partial charge >= 0.3 is 0 Å². The Hall–Kier alpha value is -3.99. The second-order valence-electron chi connectivity index (χ2n) is 6.69. The number of nitrogens with zero attached hydrogens (tertiary/aromatic N) is 4. The summed E-state index contributed by atoms with van der Waals surface area (Å²) in [5.74, 6) is -0.261. The summed E-state index contributed by atoms with van der Waals surface area (Å²) in [6.07, 6.45) is 5.73. The molecule has 5 aromatic rings. The van der Waals surface area contributed by atoms with E-state index in [2.05, 4.69) is 5.10 Å². The Bertz CT molecular complexity index is 1240. The fourth-order valence-corrected chi connectivity index (χ4v) is 3.31. The van der Waals surface area contributed by atoms with Gasteiger partial charge in [0.25, 0.3) is 0 Å². The number of para-hydroxylation sites is 2. The lowest BCUT2D eigenvalue weighted by Crippen LogP contribution is -1.94. The molecule has 0 amide bonds. The van der Waals surface area contributed by atoms with Crippen molar-refractivity contribution in [3.63, 3.8) is 0 Å². The summed E-state index contributed by atoms with van der Waals surface area (Å²) in [5, 5.41) is 9.33. The fourth-order valence-electron chi connectivity index (χ4n) is 3.31. The van der Waals surface area contributed by atoms with E-state index >= 15 is 0 Å². The Kier molecular flexibility index (Phi) is 4.26. The van der Waals surface area contributed by atoms with Crippen LogP contribution in [0.1, 0.15) is 0 Å². The Morgan fingerprint density at radius 2 is 1.24 bits per heavy atom. The molecule has 29 heavy (non-hydrogen) atoms. The van der Waals surface area contributed by atoms with Crippen molar-refractivity contribution in [1.29, 1.82) is 0 Å². The highest BCUT2D eigenvalue weighted by atomic mass is 19.1. The predicted octanol–water partition coefficient (Wildman–Crippen LogP) is 5.53. The second kappa shape index (κ2) is 7.20. The minimum absolute atomic E-state index is 0.261. The van der Waals surface area contributed by atoms with Crippen LogP contribution >= 0.6 is 0 Å². The maximum atomic E-state index is 13.5. The van der Waals surface area contributed by atoms with Gasteiger partial charge in [-0.1, -0.05) is 48.5 Å². The van der Waals surface area contributed by atoms with E-state index in [0.29, 0.717) is 0 Å².